The first-order valence-electron chi connectivity index (χ1n) is 3.62. The summed E-state index contributed by atoms with van der Waals surface area (Å²) in [5.74, 6) is -0.540. The van der Waals surface area contributed by atoms with Gasteiger partial charge in [-0.2, -0.15) is 0 Å². The number of hydrogen-bond donors (Lipinski definition) is 4. The third kappa shape index (κ3) is 6.36. The van der Waals surface area contributed by atoms with Crippen molar-refractivity contribution in [2.45, 2.75) is 25.3 Å². The predicted molar refractivity (Wildman–Crippen MR) is 48.1 cm³/mol. The van der Waals surface area contributed by atoms with Gasteiger partial charge in [0.2, 0.25) is 0 Å². The van der Waals surface area contributed by atoms with Gasteiger partial charge in [-0.1, -0.05) is 6.42 Å². The van der Waals surface area contributed by atoms with Gasteiger partial charge in [-0.3, -0.25) is 10.0 Å². The second kappa shape index (κ2) is 8.73. The molecule has 6 N–H and O–H groups in total. The van der Waals surface area contributed by atoms with Crippen molar-refractivity contribution >= 4 is 18.3 Å². The number of carbonyl (C=O) groups excluding carboxylic acids is 1. The maximum atomic E-state index is 10.6. The van der Waals surface area contributed by atoms with E-state index in [1.165, 1.54) is 5.48 Å². The minimum atomic E-state index is -0.619. The van der Waals surface area contributed by atoms with Crippen LogP contribution in [0.1, 0.15) is 19.3 Å². The number of unbranched alkanes of at least 4 members (excludes halogenated alkanes) is 1. The fourth-order valence-corrected chi connectivity index (χ4v) is 0.723. The van der Waals surface area contributed by atoms with E-state index in [1.807, 2.05) is 0 Å². The molecule has 74 valence electrons. The van der Waals surface area contributed by atoms with Gasteiger partial charge in [-0.05, 0) is 19.4 Å². The van der Waals surface area contributed by atoms with Crippen LogP contribution in [-0.2, 0) is 4.79 Å². The summed E-state index contributed by atoms with van der Waals surface area (Å²) in [6.07, 6.45) is 2.22. The summed E-state index contributed by atoms with van der Waals surface area (Å²) in [4.78, 5) is 10.6. The zero-order valence-corrected chi connectivity index (χ0v) is 7.64. The largest absolute Gasteiger partial charge is 0.330 e. The van der Waals surface area contributed by atoms with E-state index in [1.54, 1.807) is 0 Å². The molecule has 0 fully saturated rings. The SMILES string of the molecule is Cl.NCCCC[C@H](N)C(=O)NO. The molecule has 0 saturated carbocycles. The first-order valence-corrected chi connectivity index (χ1v) is 3.62. The Morgan fingerprint density at radius 2 is 2.08 bits per heavy atom. The molecule has 0 unspecified atom stereocenters. The molecule has 5 nitrogen and oxygen atoms in total. The molecule has 0 aliphatic carbocycles. The fourth-order valence-electron chi connectivity index (χ4n) is 0.723. The van der Waals surface area contributed by atoms with Crippen LogP contribution in [0, 0.1) is 0 Å². The van der Waals surface area contributed by atoms with Gasteiger partial charge in [0.1, 0.15) is 0 Å². The Balaban J connectivity index is 0. The number of amides is 1. The smallest absolute Gasteiger partial charge is 0.260 e. The van der Waals surface area contributed by atoms with E-state index >= 15 is 0 Å². The molecule has 0 aromatic heterocycles. The Labute approximate surface area is 77.9 Å². The van der Waals surface area contributed by atoms with Crippen molar-refractivity contribution in [1.29, 1.82) is 0 Å². The van der Waals surface area contributed by atoms with Crippen LogP contribution < -0.4 is 16.9 Å². The molecular formula is C6H16ClN3O2. The normalized spacial score (nSPS) is 11.6. The summed E-state index contributed by atoms with van der Waals surface area (Å²) in [6.45, 7) is 0.605. The van der Waals surface area contributed by atoms with Crippen LogP contribution >= 0.6 is 12.4 Å². The van der Waals surface area contributed by atoms with Crippen LogP contribution in [-0.4, -0.2) is 23.7 Å². The number of rotatable bonds is 5. The van der Waals surface area contributed by atoms with Gasteiger partial charge in [0, 0.05) is 0 Å². The van der Waals surface area contributed by atoms with Gasteiger partial charge in [-0.15, -0.1) is 12.4 Å². The highest BCUT2D eigenvalue weighted by molar-refractivity contribution is 5.85. The lowest BCUT2D eigenvalue weighted by Gasteiger charge is -2.07. The summed E-state index contributed by atoms with van der Waals surface area (Å²) in [5.41, 5.74) is 12.1. The number of nitrogens with two attached hydrogens (primary N) is 2. The van der Waals surface area contributed by atoms with Gasteiger partial charge < -0.3 is 11.5 Å². The minimum absolute atomic E-state index is 0. The molecule has 0 aromatic carbocycles. The summed E-state index contributed by atoms with van der Waals surface area (Å²) >= 11 is 0. The third-order valence-corrected chi connectivity index (χ3v) is 1.42. The zero-order chi connectivity index (χ0) is 8.69. The summed E-state index contributed by atoms with van der Waals surface area (Å²) in [6, 6.07) is -0.619. The van der Waals surface area contributed by atoms with Crippen molar-refractivity contribution in [2.24, 2.45) is 11.5 Å². The van der Waals surface area contributed by atoms with Crippen LogP contribution in [0.25, 0.3) is 0 Å². The van der Waals surface area contributed by atoms with E-state index in [2.05, 4.69) is 0 Å². The van der Waals surface area contributed by atoms with Crippen LogP contribution in [0.15, 0.2) is 0 Å². The quantitative estimate of drug-likeness (QED) is 0.268. The molecule has 0 aliphatic rings. The fraction of sp³-hybridized carbons (Fsp3) is 0.833. The Morgan fingerprint density at radius 3 is 2.50 bits per heavy atom. The molecule has 0 rings (SSSR count). The van der Waals surface area contributed by atoms with Gasteiger partial charge in [-0.25, -0.2) is 5.48 Å². The van der Waals surface area contributed by atoms with Crippen molar-refractivity contribution in [3.05, 3.63) is 0 Å². The molecule has 1 atom stereocenters. The Hall–Kier alpha value is -0.360. The minimum Gasteiger partial charge on any atom is -0.330 e. The molecule has 6 heteroatoms. The number of hydrogen-bond acceptors (Lipinski definition) is 4. The second-order valence-corrected chi connectivity index (χ2v) is 2.37. The summed E-state index contributed by atoms with van der Waals surface area (Å²) in [5, 5.41) is 8.16. The first kappa shape index (κ1) is 14.2. The lowest BCUT2D eigenvalue weighted by Crippen LogP contribution is -2.38. The second-order valence-electron chi connectivity index (χ2n) is 2.37. The van der Waals surface area contributed by atoms with Gasteiger partial charge in [0.25, 0.3) is 5.91 Å². The molecule has 0 bridgehead atoms. The molecule has 0 radical (unpaired) electrons. The standard InChI is InChI=1S/C6H15N3O2.ClH/c7-4-2-1-3-5(8)6(10)9-11;/h5,11H,1-4,7-8H2,(H,9,10);1H/t5-;/m0./s1. The molecule has 0 heterocycles. The summed E-state index contributed by atoms with van der Waals surface area (Å²) in [7, 11) is 0. The van der Waals surface area contributed by atoms with E-state index < -0.39 is 11.9 Å². The van der Waals surface area contributed by atoms with E-state index in [0.717, 1.165) is 12.8 Å². The van der Waals surface area contributed by atoms with Crippen molar-refractivity contribution in [2.75, 3.05) is 6.54 Å². The highest BCUT2D eigenvalue weighted by atomic mass is 35.5. The van der Waals surface area contributed by atoms with E-state index in [4.69, 9.17) is 16.7 Å². The highest BCUT2D eigenvalue weighted by Crippen LogP contribution is 1.96. The van der Waals surface area contributed by atoms with Gasteiger partial charge in [0.15, 0.2) is 0 Å². The van der Waals surface area contributed by atoms with E-state index in [9.17, 15) is 4.79 Å². The number of halogens is 1. The number of carbonyl (C=O) groups is 1. The predicted octanol–water partition coefficient (Wildman–Crippen LogP) is -0.630. The highest BCUT2D eigenvalue weighted by Gasteiger charge is 2.10. The Morgan fingerprint density at radius 1 is 1.50 bits per heavy atom. The molecule has 0 spiro atoms. The molecule has 0 saturated heterocycles. The van der Waals surface area contributed by atoms with Crippen molar-refractivity contribution in [1.82, 2.24) is 5.48 Å². The van der Waals surface area contributed by atoms with E-state index in [-0.39, 0.29) is 12.4 Å². The van der Waals surface area contributed by atoms with Crippen LogP contribution in [0.3, 0.4) is 0 Å². The molecule has 0 aromatic rings. The Bertz CT molecular complexity index is 123. The topological polar surface area (TPSA) is 101 Å². The maximum Gasteiger partial charge on any atom is 0.260 e. The average molecular weight is 198 g/mol. The molecule has 1 amide bonds. The average Bonchev–Trinajstić information content (AvgIpc) is 2.03. The van der Waals surface area contributed by atoms with Gasteiger partial charge >= 0.3 is 0 Å². The molecule has 12 heavy (non-hydrogen) atoms. The van der Waals surface area contributed by atoms with Gasteiger partial charge in [0.05, 0.1) is 6.04 Å². The van der Waals surface area contributed by atoms with Crippen molar-refractivity contribution in [3.63, 3.8) is 0 Å². The van der Waals surface area contributed by atoms with Crippen LogP contribution in [0.4, 0.5) is 0 Å². The van der Waals surface area contributed by atoms with Crippen LogP contribution in [0.2, 0.25) is 0 Å². The molecule has 0 aliphatic heterocycles. The first-order chi connectivity index (χ1) is 5.22. The monoisotopic (exact) mass is 197 g/mol. The van der Waals surface area contributed by atoms with Crippen LogP contribution in [0.5, 0.6) is 0 Å². The lowest BCUT2D eigenvalue weighted by atomic mass is 10.1. The zero-order valence-electron chi connectivity index (χ0n) is 6.82. The third-order valence-electron chi connectivity index (χ3n) is 1.42. The summed E-state index contributed by atoms with van der Waals surface area (Å²) < 4.78 is 0. The van der Waals surface area contributed by atoms with Crippen molar-refractivity contribution in [3.8, 4) is 0 Å². The number of hydroxylamine groups is 1. The van der Waals surface area contributed by atoms with Crippen molar-refractivity contribution < 1.29 is 10.0 Å². The maximum absolute atomic E-state index is 10.6. The lowest BCUT2D eigenvalue weighted by molar-refractivity contribution is -0.130. The molecular weight excluding hydrogens is 182 g/mol. The van der Waals surface area contributed by atoms with E-state index in [0.29, 0.717) is 13.0 Å². The Kier molecular flexibility index (Phi) is 10.3. The number of nitrogens with one attached hydrogen (secondary N) is 1.